The molecule has 0 aliphatic rings. The number of allylic oxidation sites excluding steroid dienone is 20. The number of carbonyl (C=O) groups excluding carboxylic acids is 3. The van der Waals surface area contributed by atoms with Crippen LogP contribution in [0.25, 0.3) is 0 Å². The minimum absolute atomic E-state index is 0.103. The van der Waals surface area contributed by atoms with E-state index < -0.39 is 6.10 Å². The van der Waals surface area contributed by atoms with E-state index in [2.05, 4.69) is 136 Å². The van der Waals surface area contributed by atoms with Crippen molar-refractivity contribution in [1.29, 1.82) is 0 Å². The smallest absolute Gasteiger partial charge is 0.306 e. The molecule has 0 N–H and O–H groups in total. The van der Waals surface area contributed by atoms with Crippen molar-refractivity contribution in [3.63, 3.8) is 0 Å². The van der Waals surface area contributed by atoms with Crippen molar-refractivity contribution in [1.82, 2.24) is 0 Å². The lowest BCUT2D eigenvalue weighted by molar-refractivity contribution is -0.166. The van der Waals surface area contributed by atoms with Gasteiger partial charge in [0.1, 0.15) is 13.2 Å². The number of carbonyl (C=O) groups is 3. The highest BCUT2D eigenvalue weighted by Gasteiger charge is 2.19. The van der Waals surface area contributed by atoms with E-state index in [9.17, 15) is 14.4 Å². The molecule has 6 nitrogen and oxygen atoms in total. The molecule has 456 valence electrons. The van der Waals surface area contributed by atoms with Gasteiger partial charge in [0.2, 0.25) is 0 Å². The molecule has 0 fully saturated rings. The minimum atomic E-state index is -0.814. The first kappa shape index (κ1) is 75.8. The van der Waals surface area contributed by atoms with Gasteiger partial charge in [-0.2, -0.15) is 0 Å². The van der Waals surface area contributed by atoms with Crippen molar-refractivity contribution < 1.29 is 28.6 Å². The number of rotatable bonds is 60. The molecule has 1 atom stereocenters. The molecule has 1 unspecified atom stereocenters. The Morgan fingerprint density at radius 3 is 0.838 bits per heavy atom. The second-order valence-corrected chi connectivity index (χ2v) is 22.0. The highest BCUT2D eigenvalue weighted by atomic mass is 16.6. The summed E-state index contributed by atoms with van der Waals surface area (Å²) in [6.07, 6.45) is 93.6. The fraction of sp³-hybridized carbons (Fsp3) is 0.689. The fourth-order valence-corrected chi connectivity index (χ4v) is 9.29. The van der Waals surface area contributed by atoms with Crippen LogP contribution in [0.2, 0.25) is 0 Å². The van der Waals surface area contributed by atoms with E-state index in [-0.39, 0.29) is 37.5 Å². The van der Waals surface area contributed by atoms with Crippen LogP contribution in [0.4, 0.5) is 0 Å². The first-order valence-corrected chi connectivity index (χ1v) is 33.5. The van der Waals surface area contributed by atoms with E-state index in [1.807, 2.05) is 6.08 Å². The minimum Gasteiger partial charge on any atom is -0.462 e. The third kappa shape index (κ3) is 64.6. The standard InChI is InChI=1S/C74H124O6/c1-4-7-10-13-16-19-22-25-28-31-34-36-37-38-41-43-46-49-52-55-58-61-64-67-73(76)79-70-71(69-78-72(75)66-63-60-57-54-51-48-45-42-39-33-30-27-24-21-18-15-12-9-6-3)80-74(77)68-65-62-59-56-53-50-47-44-40-35-32-29-26-23-20-17-14-11-8-5-2/h7,9-10,12,16,18-19,21,25,27-28,30,34,36,39,42,48,51,57,60,71H,4-6,8,11,13-15,17,20,22-24,26,29,31-33,35,37-38,40-41,43-47,49-50,52-56,58-59,61-70H2,1-3H3/b10-7-,12-9-,19-16-,21-18-,28-25-,30-27-,36-34-,42-39-,51-48-,60-57-. The molecule has 0 aliphatic carbocycles. The molecule has 6 heteroatoms. The third-order valence-electron chi connectivity index (χ3n) is 14.2. The zero-order chi connectivity index (χ0) is 57.8. The lowest BCUT2D eigenvalue weighted by atomic mass is 10.0. The average molecular weight is 1110 g/mol. The van der Waals surface area contributed by atoms with Gasteiger partial charge < -0.3 is 14.2 Å². The van der Waals surface area contributed by atoms with E-state index in [4.69, 9.17) is 14.2 Å². The van der Waals surface area contributed by atoms with Gasteiger partial charge in [0.25, 0.3) is 0 Å². The molecule has 0 amide bonds. The number of unbranched alkanes of at least 4 members (excludes halogenated alkanes) is 29. The quantitative estimate of drug-likeness (QED) is 0.0261. The maximum Gasteiger partial charge on any atom is 0.306 e. The fourth-order valence-electron chi connectivity index (χ4n) is 9.29. The van der Waals surface area contributed by atoms with Gasteiger partial charge in [0.05, 0.1) is 0 Å². The summed E-state index contributed by atoms with van der Waals surface area (Å²) in [5, 5.41) is 0. The summed E-state index contributed by atoms with van der Waals surface area (Å²) < 4.78 is 16.9. The summed E-state index contributed by atoms with van der Waals surface area (Å²) in [6.45, 7) is 6.38. The van der Waals surface area contributed by atoms with Crippen LogP contribution in [0, 0.1) is 0 Å². The Kier molecular flexibility index (Phi) is 63.8. The van der Waals surface area contributed by atoms with Gasteiger partial charge in [-0.1, -0.05) is 316 Å². The third-order valence-corrected chi connectivity index (χ3v) is 14.2. The summed E-state index contributed by atoms with van der Waals surface area (Å²) in [6, 6.07) is 0. The van der Waals surface area contributed by atoms with Crippen LogP contribution in [0.1, 0.15) is 310 Å². The largest absolute Gasteiger partial charge is 0.462 e. The Balaban J connectivity index is 4.46. The summed E-state index contributed by atoms with van der Waals surface area (Å²) in [5.41, 5.74) is 0. The highest BCUT2D eigenvalue weighted by Crippen LogP contribution is 2.17. The van der Waals surface area contributed by atoms with Gasteiger partial charge >= 0.3 is 17.9 Å². The Morgan fingerprint density at radius 1 is 0.263 bits per heavy atom. The molecule has 0 aromatic carbocycles. The summed E-state index contributed by atoms with van der Waals surface area (Å²) in [7, 11) is 0. The normalized spacial score (nSPS) is 12.9. The maximum atomic E-state index is 12.9. The molecule has 0 spiro atoms. The highest BCUT2D eigenvalue weighted by molar-refractivity contribution is 5.71. The van der Waals surface area contributed by atoms with Gasteiger partial charge in [-0.05, 0) is 96.3 Å². The predicted octanol–water partition coefficient (Wildman–Crippen LogP) is 23.2. The van der Waals surface area contributed by atoms with Crippen LogP contribution in [-0.4, -0.2) is 37.2 Å². The summed E-state index contributed by atoms with van der Waals surface area (Å²) >= 11 is 0. The van der Waals surface area contributed by atoms with E-state index in [1.54, 1.807) is 0 Å². The van der Waals surface area contributed by atoms with E-state index in [0.717, 1.165) is 103 Å². The lowest BCUT2D eigenvalue weighted by Gasteiger charge is -2.18. The Hall–Kier alpha value is -4.19. The maximum absolute atomic E-state index is 12.9. The Morgan fingerprint density at radius 2 is 0.512 bits per heavy atom. The van der Waals surface area contributed by atoms with Crippen LogP contribution in [0.3, 0.4) is 0 Å². The predicted molar refractivity (Wildman–Crippen MR) is 348 cm³/mol. The van der Waals surface area contributed by atoms with E-state index in [0.29, 0.717) is 19.3 Å². The van der Waals surface area contributed by atoms with Crippen molar-refractivity contribution in [3.05, 3.63) is 122 Å². The molecular weight excluding hydrogens is 985 g/mol. The second-order valence-electron chi connectivity index (χ2n) is 22.0. The zero-order valence-electron chi connectivity index (χ0n) is 52.3. The molecule has 0 bridgehead atoms. The number of hydrogen-bond donors (Lipinski definition) is 0. The molecule has 0 aromatic rings. The molecule has 0 heterocycles. The molecule has 0 radical (unpaired) electrons. The monoisotopic (exact) mass is 1110 g/mol. The van der Waals surface area contributed by atoms with Crippen molar-refractivity contribution >= 4 is 17.9 Å². The van der Waals surface area contributed by atoms with Crippen molar-refractivity contribution in [2.75, 3.05) is 13.2 Å². The summed E-state index contributed by atoms with van der Waals surface area (Å²) in [4.78, 5) is 38.4. The van der Waals surface area contributed by atoms with Gasteiger partial charge in [-0.3, -0.25) is 14.4 Å². The van der Waals surface area contributed by atoms with Crippen molar-refractivity contribution in [2.24, 2.45) is 0 Å². The molecular formula is C74H124O6. The van der Waals surface area contributed by atoms with Crippen LogP contribution >= 0.6 is 0 Å². The van der Waals surface area contributed by atoms with Gasteiger partial charge in [0, 0.05) is 19.3 Å². The molecule has 0 aromatic heterocycles. The molecule has 0 saturated heterocycles. The van der Waals surface area contributed by atoms with Crippen molar-refractivity contribution in [3.8, 4) is 0 Å². The van der Waals surface area contributed by atoms with Crippen molar-refractivity contribution in [2.45, 2.75) is 316 Å². The van der Waals surface area contributed by atoms with Crippen LogP contribution in [-0.2, 0) is 28.6 Å². The lowest BCUT2D eigenvalue weighted by Crippen LogP contribution is -2.30. The van der Waals surface area contributed by atoms with Crippen LogP contribution in [0.15, 0.2) is 122 Å². The Bertz CT molecular complexity index is 1650. The number of esters is 3. The van der Waals surface area contributed by atoms with Crippen LogP contribution in [0.5, 0.6) is 0 Å². The van der Waals surface area contributed by atoms with E-state index in [1.165, 1.54) is 161 Å². The van der Waals surface area contributed by atoms with Gasteiger partial charge in [-0.15, -0.1) is 0 Å². The van der Waals surface area contributed by atoms with Gasteiger partial charge in [-0.25, -0.2) is 0 Å². The van der Waals surface area contributed by atoms with E-state index >= 15 is 0 Å². The molecule has 0 aliphatic heterocycles. The topological polar surface area (TPSA) is 78.9 Å². The van der Waals surface area contributed by atoms with Gasteiger partial charge in [0.15, 0.2) is 6.10 Å². The Labute approximate surface area is 494 Å². The number of hydrogen-bond acceptors (Lipinski definition) is 6. The SMILES string of the molecule is CC/C=C\C/C=C\C/C=C\C/C=C\C/C=C\C/C=C\CCC(=O)OCC(COC(=O)CCCCCCCCCCCC/C=C\C/C=C\C/C=C\C/C=C\CC)OC(=O)CCCCCCCCCCCCCCCCCCCCCC. The first-order valence-electron chi connectivity index (χ1n) is 33.5. The second kappa shape index (κ2) is 67.3. The summed E-state index contributed by atoms with van der Waals surface area (Å²) in [5.74, 6) is -0.984. The molecule has 0 saturated carbocycles. The average Bonchev–Trinajstić information content (AvgIpc) is 3.46. The van der Waals surface area contributed by atoms with Crippen LogP contribution < -0.4 is 0 Å². The number of ether oxygens (including phenoxy) is 3. The first-order chi connectivity index (χ1) is 39.5. The molecule has 0 rings (SSSR count). The zero-order valence-corrected chi connectivity index (χ0v) is 52.3. The molecule has 80 heavy (non-hydrogen) atoms.